The number of aryl methyl sites for hydroxylation is 1. The Bertz CT molecular complexity index is 542. The molecule has 1 heterocycles. The van der Waals surface area contributed by atoms with Crippen LogP contribution in [0.25, 0.3) is 11.4 Å². The molecule has 90 valence electrons. The van der Waals surface area contributed by atoms with Gasteiger partial charge in [0.05, 0.1) is 12.1 Å². The van der Waals surface area contributed by atoms with Gasteiger partial charge in [-0.05, 0) is 31.0 Å². The molecule has 2 aromatic rings. The first-order valence-corrected chi connectivity index (χ1v) is 5.82. The molecule has 0 radical (unpaired) electrons. The van der Waals surface area contributed by atoms with Gasteiger partial charge in [0.15, 0.2) is 0 Å². The Kier molecular flexibility index (Phi) is 3.26. The molecular formula is C11H11BrFN3O. The van der Waals surface area contributed by atoms with Crippen LogP contribution in [0.5, 0.6) is 0 Å². The third-order valence-electron chi connectivity index (χ3n) is 2.51. The fourth-order valence-corrected chi connectivity index (χ4v) is 2.09. The number of rotatable bonds is 2. The first-order valence-electron chi connectivity index (χ1n) is 5.02. The lowest BCUT2D eigenvalue weighted by atomic mass is 10.0. The largest absolute Gasteiger partial charge is 0.338 e. The second kappa shape index (κ2) is 4.54. The SMILES string of the molecule is Cc1cc(Br)c(C)c(-c2noc(CN)n2)c1F. The molecule has 6 heteroatoms. The molecule has 0 amide bonds. The van der Waals surface area contributed by atoms with E-state index in [0.29, 0.717) is 11.1 Å². The zero-order valence-electron chi connectivity index (χ0n) is 9.42. The van der Waals surface area contributed by atoms with Crippen molar-refractivity contribution in [1.82, 2.24) is 10.1 Å². The van der Waals surface area contributed by atoms with E-state index in [2.05, 4.69) is 26.1 Å². The number of benzene rings is 1. The zero-order chi connectivity index (χ0) is 12.6. The van der Waals surface area contributed by atoms with Crippen molar-refractivity contribution < 1.29 is 8.91 Å². The lowest BCUT2D eigenvalue weighted by Gasteiger charge is -2.08. The molecule has 0 aliphatic carbocycles. The Morgan fingerprint density at radius 1 is 1.47 bits per heavy atom. The molecule has 0 saturated heterocycles. The Balaban J connectivity index is 2.65. The number of hydrogen-bond donors (Lipinski definition) is 1. The first-order chi connectivity index (χ1) is 8.04. The monoisotopic (exact) mass is 299 g/mol. The first kappa shape index (κ1) is 12.2. The fourth-order valence-electron chi connectivity index (χ4n) is 1.55. The highest BCUT2D eigenvalue weighted by Crippen LogP contribution is 2.31. The molecule has 1 aromatic carbocycles. The Labute approximate surface area is 106 Å². The van der Waals surface area contributed by atoms with E-state index in [1.807, 2.05) is 0 Å². The molecule has 0 aliphatic heterocycles. The lowest BCUT2D eigenvalue weighted by Crippen LogP contribution is -1.98. The minimum atomic E-state index is -0.338. The summed E-state index contributed by atoms with van der Waals surface area (Å²) in [4.78, 5) is 4.04. The Morgan fingerprint density at radius 2 is 2.18 bits per heavy atom. The third-order valence-corrected chi connectivity index (χ3v) is 3.33. The van der Waals surface area contributed by atoms with Crippen LogP contribution in [0.4, 0.5) is 4.39 Å². The van der Waals surface area contributed by atoms with Crippen LogP contribution in [0.2, 0.25) is 0 Å². The van der Waals surface area contributed by atoms with Crippen LogP contribution in [-0.4, -0.2) is 10.1 Å². The second-order valence-electron chi connectivity index (χ2n) is 3.71. The summed E-state index contributed by atoms with van der Waals surface area (Å²) < 4.78 is 19.8. The number of nitrogens with zero attached hydrogens (tertiary/aromatic N) is 2. The lowest BCUT2D eigenvalue weighted by molar-refractivity contribution is 0.380. The van der Waals surface area contributed by atoms with Gasteiger partial charge in [-0.3, -0.25) is 0 Å². The summed E-state index contributed by atoms with van der Waals surface area (Å²) in [6.07, 6.45) is 0. The number of nitrogens with two attached hydrogens (primary N) is 1. The van der Waals surface area contributed by atoms with Gasteiger partial charge in [-0.15, -0.1) is 0 Å². The van der Waals surface area contributed by atoms with Gasteiger partial charge in [0.2, 0.25) is 11.7 Å². The maximum atomic E-state index is 14.1. The maximum Gasteiger partial charge on any atom is 0.240 e. The topological polar surface area (TPSA) is 64.9 Å². The fraction of sp³-hybridized carbons (Fsp3) is 0.273. The van der Waals surface area contributed by atoms with Gasteiger partial charge in [0.25, 0.3) is 0 Å². The van der Waals surface area contributed by atoms with Gasteiger partial charge in [0, 0.05) is 4.47 Å². The molecule has 0 fully saturated rings. The predicted octanol–water partition coefficient (Wildman–Crippen LogP) is 2.71. The van der Waals surface area contributed by atoms with Gasteiger partial charge >= 0.3 is 0 Å². The Hall–Kier alpha value is -1.27. The molecule has 2 N–H and O–H groups in total. The van der Waals surface area contributed by atoms with Crippen molar-refractivity contribution in [2.24, 2.45) is 5.73 Å². The van der Waals surface area contributed by atoms with Crippen LogP contribution in [-0.2, 0) is 6.54 Å². The highest BCUT2D eigenvalue weighted by Gasteiger charge is 2.18. The smallest absolute Gasteiger partial charge is 0.240 e. The number of halogens is 2. The molecule has 0 bridgehead atoms. The molecule has 2 rings (SSSR count). The molecule has 0 aliphatic rings. The highest BCUT2D eigenvalue weighted by atomic mass is 79.9. The van der Waals surface area contributed by atoms with E-state index in [0.717, 1.165) is 10.0 Å². The zero-order valence-corrected chi connectivity index (χ0v) is 11.0. The molecule has 0 saturated carbocycles. The van der Waals surface area contributed by atoms with Gasteiger partial charge in [-0.2, -0.15) is 4.98 Å². The second-order valence-corrected chi connectivity index (χ2v) is 4.56. The van der Waals surface area contributed by atoms with Crippen molar-refractivity contribution in [1.29, 1.82) is 0 Å². The van der Waals surface area contributed by atoms with E-state index in [4.69, 9.17) is 10.3 Å². The Morgan fingerprint density at radius 3 is 2.76 bits per heavy atom. The van der Waals surface area contributed by atoms with E-state index in [9.17, 15) is 4.39 Å². The normalized spacial score (nSPS) is 10.9. The minimum Gasteiger partial charge on any atom is -0.338 e. The maximum absolute atomic E-state index is 14.1. The predicted molar refractivity (Wildman–Crippen MR) is 64.8 cm³/mol. The summed E-state index contributed by atoms with van der Waals surface area (Å²) in [5.41, 5.74) is 6.98. The van der Waals surface area contributed by atoms with E-state index >= 15 is 0 Å². The van der Waals surface area contributed by atoms with E-state index in [-0.39, 0.29) is 24.1 Å². The van der Waals surface area contributed by atoms with E-state index in [1.165, 1.54) is 0 Å². The van der Waals surface area contributed by atoms with Crippen LogP contribution in [0.15, 0.2) is 15.1 Å². The molecule has 0 spiro atoms. The summed E-state index contributed by atoms with van der Waals surface area (Å²) in [5.74, 6) is 0.177. The summed E-state index contributed by atoms with van der Waals surface area (Å²) in [6, 6.07) is 1.72. The highest BCUT2D eigenvalue weighted by molar-refractivity contribution is 9.10. The van der Waals surface area contributed by atoms with Crippen molar-refractivity contribution >= 4 is 15.9 Å². The molecule has 4 nitrogen and oxygen atoms in total. The van der Waals surface area contributed by atoms with Gasteiger partial charge in [-0.1, -0.05) is 21.1 Å². The third kappa shape index (κ3) is 2.10. The molecule has 1 aromatic heterocycles. The van der Waals surface area contributed by atoms with Crippen LogP contribution in [0, 0.1) is 19.7 Å². The van der Waals surface area contributed by atoms with Crippen molar-refractivity contribution in [3.05, 3.63) is 33.4 Å². The number of hydrogen-bond acceptors (Lipinski definition) is 4. The van der Waals surface area contributed by atoms with Crippen LogP contribution in [0.3, 0.4) is 0 Å². The van der Waals surface area contributed by atoms with Crippen molar-refractivity contribution in [3.63, 3.8) is 0 Å². The number of aromatic nitrogens is 2. The van der Waals surface area contributed by atoms with Crippen molar-refractivity contribution in [3.8, 4) is 11.4 Å². The summed E-state index contributed by atoms with van der Waals surface area (Å²) in [5, 5.41) is 3.73. The summed E-state index contributed by atoms with van der Waals surface area (Å²) in [6.45, 7) is 3.62. The van der Waals surface area contributed by atoms with Crippen molar-refractivity contribution in [2.75, 3.05) is 0 Å². The molecular weight excluding hydrogens is 289 g/mol. The van der Waals surface area contributed by atoms with Gasteiger partial charge < -0.3 is 10.3 Å². The molecule has 17 heavy (non-hydrogen) atoms. The average Bonchev–Trinajstić information content (AvgIpc) is 2.75. The minimum absolute atomic E-state index is 0.140. The molecule has 0 unspecified atom stereocenters. The standard InChI is InChI=1S/C11H11BrFN3O/c1-5-3-7(12)6(2)9(10(5)13)11-15-8(4-14)17-16-11/h3H,4,14H2,1-2H3. The van der Waals surface area contributed by atoms with Gasteiger partial charge in [-0.25, -0.2) is 4.39 Å². The van der Waals surface area contributed by atoms with Gasteiger partial charge in [0.1, 0.15) is 5.82 Å². The van der Waals surface area contributed by atoms with Crippen molar-refractivity contribution in [2.45, 2.75) is 20.4 Å². The summed E-state index contributed by atoms with van der Waals surface area (Å²) >= 11 is 3.37. The van der Waals surface area contributed by atoms with E-state index < -0.39 is 0 Å². The van der Waals surface area contributed by atoms with Crippen LogP contribution >= 0.6 is 15.9 Å². The quantitative estimate of drug-likeness (QED) is 0.926. The average molecular weight is 300 g/mol. The van der Waals surface area contributed by atoms with Crippen LogP contribution < -0.4 is 5.73 Å². The summed E-state index contributed by atoms with van der Waals surface area (Å²) in [7, 11) is 0. The van der Waals surface area contributed by atoms with E-state index in [1.54, 1.807) is 19.9 Å². The molecule has 0 atom stereocenters. The van der Waals surface area contributed by atoms with Crippen LogP contribution in [0.1, 0.15) is 17.0 Å².